The van der Waals surface area contributed by atoms with Crippen molar-refractivity contribution in [1.82, 2.24) is 79.1 Å². The number of hydrogen-bond donors (Lipinski definition) is 21. The summed E-state index contributed by atoms with van der Waals surface area (Å²) in [4.78, 5) is 216. The molecule has 12 atom stereocenters. The number of nitrogens with one attached hydrogen (secondary N) is 15. The number of aromatic hydroxyl groups is 1. The minimum Gasteiger partial charge on any atom is -0.508 e. The van der Waals surface area contributed by atoms with Crippen molar-refractivity contribution in [1.29, 1.82) is 0 Å². The van der Waals surface area contributed by atoms with Crippen LogP contribution in [0.25, 0.3) is 21.8 Å². The van der Waals surface area contributed by atoms with Crippen LogP contribution in [0, 0.1) is 5.92 Å². The Morgan fingerprint density at radius 2 is 1.01 bits per heavy atom. The van der Waals surface area contributed by atoms with Crippen LogP contribution in [0.4, 0.5) is 0 Å². The predicted octanol–water partition coefficient (Wildman–Crippen LogP) is -2.20. The summed E-state index contributed by atoms with van der Waals surface area (Å²) in [5.74, 6) is -14.8. The molecule has 1 aliphatic rings. The second kappa shape index (κ2) is 48.6. The number of aromatic amines is 2. The van der Waals surface area contributed by atoms with Crippen LogP contribution in [-0.4, -0.2) is 221 Å². The molecule has 6 rings (SSSR count). The number of benzene rings is 3. The first kappa shape index (κ1) is 93.3. The SMILES string of the molecule is CCCCCCCCCC(=O)N[C@H](CO)C(=O)N[C@H](Cc1ccc(O)cc1)C(=O)N[C@H](Cc1c[nH]c2ccccc12)C(=O)N[C@H](CCCN)C(=O)N[C@@H](CCCN)C(=O)NCC(=O)N[C@H](CCCN)C(=O)N[C@@H](Cc1c[nH]c2ccccc12)C(=O)N[C@@H]1C(=O)N[C@@H]([C@@H](C)CC)C(=O)N[C@@H](CC(N)=O)C(=O)NCC(=O)NCC(=O)O[C@@H]1C. The molecule has 0 unspecified atom stereocenters. The van der Waals surface area contributed by atoms with E-state index >= 15 is 4.79 Å². The van der Waals surface area contributed by atoms with E-state index in [1.807, 2.05) is 0 Å². The summed E-state index contributed by atoms with van der Waals surface area (Å²) in [6, 6.07) is 4.53. The van der Waals surface area contributed by atoms with Crippen molar-refractivity contribution in [2.75, 3.05) is 45.9 Å². The van der Waals surface area contributed by atoms with Gasteiger partial charge in [0, 0.05) is 59.9 Å². The lowest BCUT2D eigenvalue weighted by Crippen LogP contribution is -2.63. The number of aliphatic hydroxyl groups excluding tert-OH is 1. The zero-order valence-electron chi connectivity index (χ0n) is 66.1. The van der Waals surface area contributed by atoms with E-state index in [9.17, 15) is 77.3 Å². The van der Waals surface area contributed by atoms with E-state index < -0.39 is 194 Å². The number of unbranched alkanes of at least 4 members (excludes halogenated alkanes) is 6. The number of ether oxygens (including phenoxy) is 1. The first-order valence-electron chi connectivity index (χ1n) is 39.5. The normalized spacial score (nSPS) is 17.6. The number of primary amides is 1. The number of carbonyl (C=O) groups excluding carboxylic acids is 15. The van der Waals surface area contributed by atoms with Crippen LogP contribution >= 0.6 is 0 Å². The zero-order valence-corrected chi connectivity index (χ0v) is 66.1. The van der Waals surface area contributed by atoms with Crippen molar-refractivity contribution >= 4 is 110 Å². The summed E-state index contributed by atoms with van der Waals surface area (Å²) in [6.45, 7) is 3.58. The van der Waals surface area contributed by atoms with Crippen molar-refractivity contribution in [3.63, 3.8) is 0 Å². The number of amides is 14. The molecule has 116 heavy (non-hydrogen) atoms. The van der Waals surface area contributed by atoms with Crippen molar-refractivity contribution in [3.8, 4) is 5.75 Å². The van der Waals surface area contributed by atoms with Gasteiger partial charge in [0.1, 0.15) is 78.8 Å². The lowest BCUT2D eigenvalue weighted by Gasteiger charge is -2.31. The number of cyclic esters (lactones) is 1. The molecule has 37 heteroatoms. The Morgan fingerprint density at radius 1 is 0.526 bits per heavy atom. The molecule has 3 aromatic carbocycles. The molecule has 1 saturated heterocycles. The van der Waals surface area contributed by atoms with Crippen molar-refractivity contribution in [3.05, 3.63) is 102 Å². The van der Waals surface area contributed by atoms with E-state index in [4.69, 9.17) is 27.7 Å². The van der Waals surface area contributed by atoms with Crippen molar-refractivity contribution in [2.45, 2.75) is 216 Å². The molecule has 0 radical (unpaired) electrons. The van der Waals surface area contributed by atoms with Crippen LogP contribution in [0.3, 0.4) is 0 Å². The maximum atomic E-state index is 15.0. The van der Waals surface area contributed by atoms with Gasteiger partial charge in [-0.2, -0.15) is 0 Å². The lowest BCUT2D eigenvalue weighted by molar-refractivity contribution is -0.153. The third kappa shape index (κ3) is 30.3. The number of hydrogen-bond acceptors (Lipinski definition) is 21. The second-order valence-electron chi connectivity index (χ2n) is 28.9. The van der Waals surface area contributed by atoms with Gasteiger partial charge >= 0.3 is 5.97 Å². The highest BCUT2D eigenvalue weighted by molar-refractivity contribution is 6.01. The lowest BCUT2D eigenvalue weighted by atomic mass is 9.96. The van der Waals surface area contributed by atoms with E-state index in [0.29, 0.717) is 44.9 Å². The minimum atomic E-state index is -1.87. The summed E-state index contributed by atoms with van der Waals surface area (Å²) < 4.78 is 5.56. The summed E-state index contributed by atoms with van der Waals surface area (Å²) in [6.07, 6.45) is 7.24. The van der Waals surface area contributed by atoms with Gasteiger partial charge in [0.25, 0.3) is 0 Å². The predicted molar refractivity (Wildman–Crippen MR) is 428 cm³/mol. The summed E-state index contributed by atoms with van der Waals surface area (Å²) in [5, 5.41) is 55.0. The maximum Gasteiger partial charge on any atom is 0.325 e. The highest BCUT2D eigenvalue weighted by Crippen LogP contribution is 2.23. The average Bonchev–Trinajstić information content (AvgIpc) is 1.59. The molecule has 37 nitrogen and oxygen atoms in total. The van der Waals surface area contributed by atoms with E-state index in [-0.39, 0.29) is 96.0 Å². The molecule has 5 aromatic rings. The first-order valence-corrected chi connectivity index (χ1v) is 39.5. The summed E-state index contributed by atoms with van der Waals surface area (Å²) in [7, 11) is 0. The van der Waals surface area contributed by atoms with E-state index in [1.54, 1.807) is 74.8 Å². The number of esters is 1. The van der Waals surface area contributed by atoms with E-state index in [2.05, 4.69) is 86.0 Å². The molecule has 1 aliphatic heterocycles. The van der Waals surface area contributed by atoms with E-state index in [0.717, 1.165) is 38.5 Å². The molecule has 3 heterocycles. The standard InChI is InChI=1S/C79H115N19O18/c1-5-7-8-9-10-11-12-27-64(102)90-62(44-99)77(113)93-58(35-47-28-30-50(100)31-29-47)74(110)95-59(36-48-39-84-53-22-15-13-20-51(48)53)75(111)92-57(26-19-34-82)73(109)91-55(24-17-32-80)70(106)88-42-66(104)89-56(25-18-33-81)72(108)94-60(37-49-40-85-54-23-16-14-21-52(49)54)76(112)98-69-46(4)116-67(105)43-86-65(103)41-87-71(107)61(38-63(83)101)96-78(114)68(45(3)6-2)97-79(69)115/h13-16,20-23,28-31,39-40,45-46,55-62,68-69,84-85,99-100H,5-12,17-19,24-27,32-38,41-44,80-82H2,1-4H3,(H2,83,101)(H,86,103)(H,87,107)(H,88,106)(H,89,104)(H,90,102)(H,91,109)(H,92,111)(H,93,113)(H,94,108)(H,95,110)(H,96,114)(H,97,115)(H,98,112)/t45-,46+,55-,56+,57+,58+,59+,60-,61-,62+,68-,69-/m0/s1. The Hall–Kier alpha value is -11.6. The molecule has 0 spiro atoms. The Bertz CT molecular complexity index is 4150. The third-order valence-electron chi connectivity index (χ3n) is 19.8. The average molecular weight is 1620 g/mol. The fraction of sp³-hybridized carbons (Fsp3) is 0.532. The Morgan fingerprint density at radius 3 is 1.54 bits per heavy atom. The second-order valence-corrected chi connectivity index (χ2v) is 28.9. The van der Waals surface area contributed by atoms with Gasteiger partial charge in [-0.15, -0.1) is 0 Å². The molecule has 25 N–H and O–H groups in total. The van der Waals surface area contributed by atoms with Crippen LogP contribution in [0.1, 0.15) is 147 Å². The van der Waals surface area contributed by atoms with Crippen molar-refractivity contribution in [2.24, 2.45) is 28.9 Å². The number of nitrogens with two attached hydrogens (primary N) is 4. The van der Waals surface area contributed by atoms with Crippen molar-refractivity contribution < 1.29 is 86.9 Å². The fourth-order valence-electron chi connectivity index (χ4n) is 13.0. The monoisotopic (exact) mass is 1620 g/mol. The molecule has 0 saturated carbocycles. The highest BCUT2D eigenvalue weighted by atomic mass is 16.5. The number of rotatable bonds is 45. The number of aromatic nitrogens is 2. The molecule has 0 aliphatic carbocycles. The molecule has 2 aromatic heterocycles. The maximum absolute atomic E-state index is 15.0. The van der Waals surface area contributed by atoms with Crippen LogP contribution < -0.4 is 92.1 Å². The Kier molecular flexibility index (Phi) is 39.1. The van der Waals surface area contributed by atoms with Crippen LogP contribution in [0.2, 0.25) is 0 Å². The quantitative estimate of drug-likeness (QED) is 0.0145. The van der Waals surface area contributed by atoms with Crippen LogP contribution in [0.15, 0.2) is 85.2 Å². The summed E-state index contributed by atoms with van der Waals surface area (Å²) in [5.41, 5.74) is 26.1. The van der Waals surface area contributed by atoms with Gasteiger partial charge < -0.3 is 117 Å². The molecular formula is C79H115N19O18. The largest absolute Gasteiger partial charge is 0.508 e. The summed E-state index contributed by atoms with van der Waals surface area (Å²) >= 11 is 0. The van der Waals surface area contributed by atoms with E-state index in [1.165, 1.54) is 31.2 Å². The van der Waals surface area contributed by atoms with Crippen LogP contribution in [-0.2, 0) is 95.9 Å². The van der Waals surface area contributed by atoms with Gasteiger partial charge in [0.2, 0.25) is 82.7 Å². The fourth-order valence-corrected chi connectivity index (χ4v) is 13.0. The van der Waals surface area contributed by atoms with Gasteiger partial charge in [-0.1, -0.05) is 114 Å². The minimum absolute atomic E-state index is 0.00709. The van der Waals surface area contributed by atoms with Gasteiger partial charge in [-0.05, 0) is 118 Å². The number of aliphatic hydroxyl groups is 1. The highest BCUT2D eigenvalue weighted by Gasteiger charge is 2.40. The molecule has 1 fully saturated rings. The van der Waals surface area contributed by atoms with Crippen LogP contribution in [0.5, 0.6) is 5.75 Å². The van der Waals surface area contributed by atoms with Gasteiger partial charge in [-0.3, -0.25) is 71.9 Å². The number of phenolic OH excluding ortho intramolecular Hbond substituents is 1. The number of phenols is 1. The van der Waals surface area contributed by atoms with Gasteiger partial charge in [-0.25, -0.2) is 0 Å². The zero-order chi connectivity index (χ0) is 84.8. The molecule has 0 bridgehead atoms. The number of para-hydroxylation sites is 2. The number of carbonyl (C=O) groups is 15. The molecular weight excluding hydrogens is 1500 g/mol. The number of fused-ring (bicyclic) bond motifs is 2. The Balaban J connectivity index is 1.21. The smallest absolute Gasteiger partial charge is 0.325 e. The van der Waals surface area contributed by atoms with Gasteiger partial charge in [0.15, 0.2) is 0 Å². The first-order chi connectivity index (χ1) is 55.6. The molecule has 14 amide bonds. The molecule has 634 valence electrons. The topological polar surface area (TPSA) is 598 Å². The van der Waals surface area contributed by atoms with Gasteiger partial charge in [0.05, 0.1) is 26.1 Å². The number of H-pyrrole nitrogens is 2. The third-order valence-corrected chi connectivity index (χ3v) is 19.8. The Labute approximate surface area is 672 Å².